The van der Waals surface area contributed by atoms with Crippen LogP contribution in [-0.4, -0.2) is 50.2 Å². The molecule has 2 saturated heterocycles. The van der Waals surface area contributed by atoms with Gasteiger partial charge in [0.1, 0.15) is 17.5 Å². The van der Waals surface area contributed by atoms with Crippen molar-refractivity contribution in [1.29, 1.82) is 0 Å². The second-order valence-corrected chi connectivity index (χ2v) is 13.9. The van der Waals surface area contributed by atoms with Crippen molar-refractivity contribution in [2.75, 3.05) is 16.3 Å². The molecule has 5 atom stereocenters. The number of anilines is 2. The molecule has 0 unspecified atom stereocenters. The van der Waals surface area contributed by atoms with Crippen molar-refractivity contribution >= 4 is 23.2 Å². The summed E-state index contributed by atoms with van der Waals surface area (Å²) >= 11 is 0. The Balaban J connectivity index is 1.23. The molecule has 1 spiro atoms. The molecule has 10 heteroatoms. The van der Waals surface area contributed by atoms with E-state index in [2.05, 4.69) is 10.3 Å². The topological polar surface area (TPSA) is 101 Å². The number of aliphatic hydroxyl groups is 1. The van der Waals surface area contributed by atoms with Crippen LogP contribution in [0.3, 0.4) is 0 Å². The predicted molar refractivity (Wildman–Crippen MR) is 180 cm³/mol. The number of rotatable bonds is 9. The van der Waals surface area contributed by atoms with Gasteiger partial charge in [-0.05, 0) is 62.4 Å². The number of aromatic nitrogens is 3. The second kappa shape index (κ2) is 12.6. The first-order chi connectivity index (χ1) is 23.1. The maximum atomic E-state index is 16.3. The fourth-order valence-electron chi connectivity index (χ4n) is 8.09. The molecule has 3 aliphatic rings. The van der Waals surface area contributed by atoms with Crippen LogP contribution in [0.1, 0.15) is 74.9 Å². The number of carbonyl (C=O) groups excluding carboxylic acids is 2. The third-order valence-electron chi connectivity index (χ3n) is 10.4. The van der Waals surface area contributed by atoms with Gasteiger partial charge >= 0.3 is 0 Å². The highest BCUT2D eigenvalue weighted by Gasteiger charge is 2.66. The molecule has 1 aromatic heterocycles. The number of hydrogen-bond donors (Lipinski definition) is 1. The number of fused-ring (bicyclic) bond motifs is 2. The molecule has 0 saturated carbocycles. The van der Waals surface area contributed by atoms with Gasteiger partial charge in [0.05, 0.1) is 24.5 Å². The van der Waals surface area contributed by atoms with Gasteiger partial charge < -0.3 is 19.6 Å². The molecule has 250 valence electrons. The van der Waals surface area contributed by atoms with Gasteiger partial charge in [-0.1, -0.05) is 72.8 Å². The lowest BCUT2D eigenvalue weighted by Crippen LogP contribution is -2.45. The van der Waals surface area contributed by atoms with Crippen LogP contribution >= 0.6 is 0 Å². The van der Waals surface area contributed by atoms with Gasteiger partial charge in [-0.15, -0.1) is 5.10 Å². The number of alkyl halides is 1. The highest BCUT2D eigenvalue weighted by atomic mass is 19.1. The van der Waals surface area contributed by atoms with Crippen molar-refractivity contribution in [1.82, 2.24) is 15.0 Å². The van der Waals surface area contributed by atoms with Crippen LogP contribution in [-0.2, 0) is 33.0 Å². The van der Waals surface area contributed by atoms with Crippen LogP contribution in [0, 0.1) is 11.8 Å². The SMILES string of the molecule is C[C@H]1[C@H](C(C)(C)F)[C@@H](CCn2cc([C@H](O)c3ccccc3)nn2)O[C@]12C(=O)N(Cc1ccccc1)c1ccc(N3CCCCC3=O)cc12. The van der Waals surface area contributed by atoms with E-state index >= 15 is 4.39 Å². The summed E-state index contributed by atoms with van der Waals surface area (Å²) in [5.41, 5.74) is 1.11. The minimum Gasteiger partial charge on any atom is -0.382 e. The summed E-state index contributed by atoms with van der Waals surface area (Å²) in [4.78, 5) is 31.3. The summed E-state index contributed by atoms with van der Waals surface area (Å²) < 4.78 is 24.9. The maximum absolute atomic E-state index is 16.3. The summed E-state index contributed by atoms with van der Waals surface area (Å²) in [6.07, 6.45) is 2.78. The van der Waals surface area contributed by atoms with Crippen molar-refractivity contribution in [3.05, 3.63) is 107 Å². The smallest absolute Gasteiger partial charge is 0.264 e. The van der Waals surface area contributed by atoms with Crippen molar-refractivity contribution < 1.29 is 23.8 Å². The third-order valence-corrected chi connectivity index (χ3v) is 10.4. The van der Waals surface area contributed by atoms with E-state index in [1.807, 2.05) is 85.8 Å². The summed E-state index contributed by atoms with van der Waals surface area (Å²) in [7, 11) is 0. The van der Waals surface area contributed by atoms with Gasteiger partial charge in [0, 0.05) is 42.6 Å². The minimum atomic E-state index is -1.67. The van der Waals surface area contributed by atoms with Crippen LogP contribution in [0.4, 0.5) is 15.8 Å². The first-order valence-electron chi connectivity index (χ1n) is 16.9. The number of piperidine rings is 1. The summed E-state index contributed by atoms with van der Waals surface area (Å²) in [6.45, 7) is 6.33. The zero-order valence-electron chi connectivity index (χ0n) is 27.6. The quantitative estimate of drug-likeness (QED) is 0.235. The molecule has 3 aliphatic heterocycles. The number of amides is 2. The van der Waals surface area contributed by atoms with Crippen LogP contribution in [0.5, 0.6) is 0 Å². The molecule has 4 aromatic rings. The van der Waals surface area contributed by atoms with Gasteiger partial charge in [-0.2, -0.15) is 0 Å². The van der Waals surface area contributed by atoms with E-state index in [4.69, 9.17) is 4.74 Å². The number of carbonyl (C=O) groups is 2. The van der Waals surface area contributed by atoms with Gasteiger partial charge in [0.15, 0.2) is 5.60 Å². The average molecular weight is 652 g/mol. The van der Waals surface area contributed by atoms with E-state index in [1.165, 1.54) is 0 Å². The predicted octanol–water partition coefficient (Wildman–Crippen LogP) is 6.11. The Hall–Kier alpha value is -4.41. The van der Waals surface area contributed by atoms with Gasteiger partial charge in [-0.3, -0.25) is 14.3 Å². The van der Waals surface area contributed by atoms with E-state index in [1.54, 1.807) is 34.5 Å². The van der Waals surface area contributed by atoms with E-state index in [0.717, 1.165) is 29.8 Å². The second-order valence-electron chi connectivity index (χ2n) is 13.9. The van der Waals surface area contributed by atoms with E-state index < -0.39 is 35.3 Å². The molecule has 0 aliphatic carbocycles. The highest BCUT2D eigenvalue weighted by Crippen LogP contribution is 2.59. The first-order valence-corrected chi connectivity index (χ1v) is 16.9. The van der Waals surface area contributed by atoms with Crippen LogP contribution in [0.15, 0.2) is 85.1 Å². The van der Waals surface area contributed by atoms with E-state index in [9.17, 15) is 14.7 Å². The Morgan fingerprint density at radius 3 is 2.48 bits per heavy atom. The molecule has 7 rings (SSSR count). The first kappa shape index (κ1) is 32.2. The molecular formula is C38H42FN5O4. The number of benzene rings is 3. The van der Waals surface area contributed by atoms with Crippen LogP contribution in [0.25, 0.3) is 0 Å². The number of nitrogens with zero attached hydrogens (tertiary/aromatic N) is 5. The standard InChI is InChI=1S/C38H42FN5O4/c1-25-34(37(2,3)39)32(19-21-42-24-30(40-41-42)35(46)27-14-8-5-9-15-27)48-38(25)29-22-28(43-20-11-10-16-33(43)45)17-18-31(29)44(36(38)47)23-26-12-6-4-7-13-26/h4-9,12-15,17-18,22,24-25,32,34-35,46H,10-11,16,19-21,23H2,1-3H3/t25-,32+,34-,35+,38+/m0/s1. The number of ether oxygens (including phenoxy) is 1. The Morgan fingerprint density at radius 2 is 1.77 bits per heavy atom. The van der Waals surface area contributed by atoms with E-state index in [0.29, 0.717) is 49.3 Å². The summed E-state index contributed by atoms with van der Waals surface area (Å²) in [5, 5.41) is 19.3. The third kappa shape index (κ3) is 5.60. The molecular weight excluding hydrogens is 609 g/mol. The van der Waals surface area contributed by atoms with Gasteiger partial charge in [0.25, 0.3) is 5.91 Å². The highest BCUT2D eigenvalue weighted by molar-refractivity contribution is 6.08. The molecule has 48 heavy (non-hydrogen) atoms. The molecule has 0 bridgehead atoms. The Morgan fingerprint density at radius 1 is 1.04 bits per heavy atom. The van der Waals surface area contributed by atoms with Crippen LogP contribution < -0.4 is 9.80 Å². The molecule has 1 N–H and O–H groups in total. The molecule has 0 radical (unpaired) electrons. The van der Waals surface area contributed by atoms with Gasteiger partial charge in [-0.25, -0.2) is 4.39 Å². The molecule has 9 nitrogen and oxygen atoms in total. The van der Waals surface area contributed by atoms with Crippen molar-refractivity contribution in [2.45, 2.75) is 83.0 Å². The molecule has 2 amide bonds. The van der Waals surface area contributed by atoms with Crippen LogP contribution in [0.2, 0.25) is 0 Å². The summed E-state index contributed by atoms with van der Waals surface area (Å²) in [5.74, 6) is -1.30. The average Bonchev–Trinajstić information content (AvgIpc) is 3.75. The zero-order chi connectivity index (χ0) is 33.6. The Kier molecular flexibility index (Phi) is 8.41. The molecule has 3 aromatic carbocycles. The van der Waals surface area contributed by atoms with Crippen molar-refractivity contribution in [3.8, 4) is 0 Å². The Bertz CT molecular complexity index is 1790. The normalized spacial score (nSPS) is 24.8. The largest absolute Gasteiger partial charge is 0.382 e. The monoisotopic (exact) mass is 651 g/mol. The lowest BCUT2D eigenvalue weighted by atomic mass is 9.71. The fraction of sp³-hybridized carbons (Fsp3) is 0.421. The lowest BCUT2D eigenvalue weighted by molar-refractivity contribution is -0.146. The number of aryl methyl sites for hydroxylation is 1. The number of hydrogen-bond acceptors (Lipinski definition) is 6. The van der Waals surface area contributed by atoms with Crippen molar-refractivity contribution in [3.63, 3.8) is 0 Å². The zero-order valence-corrected chi connectivity index (χ0v) is 27.6. The number of halogens is 1. The van der Waals surface area contributed by atoms with E-state index in [-0.39, 0.29) is 11.8 Å². The minimum absolute atomic E-state index is 0.0614. The maximum Gasteiger partial charge on any atom is 0.264 e. The molecule has 4 heterocycles. The molecule has 2 fully saturated rings. The Labute approximate surface area is 280 Å². The lowest BCUT2D eigenvalue weighted by Gasteiger charge is -2.33. The van der Waals surface area contributed by atoms with Gasteiger partial charge in [0.2, 0.25) is 5.91 Å². The number of aliphatic hydroxyl groups excluding tert-OH is 1. The summed E-state index contributed by atoms with van der Waals surface area (Å²) in [6, 6.07) is 24.8. The van der Waals surface area contributed by atoms with Crippen molar-refractivity contribution in [2.24, 2.45) is 11.8 Å². The fourth-order valence-corrected chi connectivity index (χ4v) is 8.09.